The average Bonchev–Trinajstić information content (AvgIpc) is 3.04. The number of anilines is 3. The van der Waals surface area contributed by atoms with Crippen LogP contribution in [0.1, 0.15) is 61.9 Å². The van der Waals surface area contributed by atoms with Crippen LogP contribution in [0.4, 0.5) is 17.1 Å². The second-order valence-corrected chi connectivity index (χ2v) is 12.3. The number of nitrogen functional groups attached to an aromatic ring is 1. The van der Waals surface area contributed by atoms with Gasteiger partial charge in [0, 0.05) is 44.1 Å². The Hall–Kier alpha value is -4.41. The zero-order valence-electron chi connectivity index (χ0n) is 27.1. The van der Waals surface area contributed by atoms with Crippen LogP contribution in [-0.4, -0.2) is 71.5 Å². The molecule has 0 bridgehead atoms. The third-order valence-electron chi connectivity index (χ3n) is 8.28. The third kappa shape index (κ3) is 9.79. The summed E-state index contributed by atoms with van der Waals surface area (Å²) in [7, 11) is 2.05. The number of nitrogens with two attached hydrogens (primary N) is 1. The third-order valence-corrected chi connectivity index (χ3v) is 8.28. The lowest BCUT2D eigenvalue weighted by Gasteiger charge is -2.38. The fraction of sp³-hybridized carbons (Fsp3) is 0.417. The van der Waals surface area contributed by atoms with Gasteiger partial charge in [-0.05, 0) is 62.7 Å². The maximum absolute atomic E-state index is 13.7. The molecular weight excluding hydrogens is 582 g/mol. The number of para-hydroxylation sites is 2. The highest BCUT2D eigenvalue weighted by atomic mass is 16.5. The normalized spacial score (nSPS) is 17.0. The molecule has 1 aliphatic heterocycles. The van der Waals surface area contributed by atoms with Crippen molar-refractivity contribution in [2.24, 2.45) is 5.92 Å². The quantitative estimate of drug-likeness (QED) is 0.143. The van der Waals surface area contributed by atoms with E-state index in [0.717, 1.165) is 6.54 Å². The van der Waals surface area contributed by atoms with E-state index in [1.165, 1.54) is 5.56 Å². The summed E-state index contributed by atoms with van der Waals surface area (Å²) in [6, 6.07) is 22.1. The first-order valence-corrected chi connectivity index (χ1v) is 16.0. The molecule has 3 atom stereocenters. The van der Waals surface area contributed by atoms with E-state index in [9.17, 15) is 19.5 Å². The molecule has 1 heterocycles. The highest BCUT2D eigenvalue weighted by molar-refractivity contribution is 6.00. The number of fused-ring (bicyclic) bond motifs is 1. The van der Waals surface area contributed by atoms with Crippen molar-refractivity contribution in [1.29, 1.82) is 0 Å². The molecule has 3 aromatic carbocycles. The standard InChI is InChI=1S/C36H47N5O5/c1-25-21-41(26(2)24-42)36(45)29-20-28(18-19-32(29)46-33(25)23-40(3)22-27-12-6-4-7-13-27)38-34(43)16-8-5-9-17-35(44)39-31-15-11-10-14-30(31)37/h4,6-7,10-15,18-20,25-26,33,42H,5,8-9,16-17,21-24,37H2,1-3H3,(H,38,43)(H,39,44)/t25-,26-,33+/m0/s1. The summed E-state index contributed by atoms with van der Waals surface area (Å²) in [5, 5.41) is 15.7. The van der Waals surface area contributed by atoms with Crippen molar-refractivity contribution in [1.82, 2.24) is 9.80 Å². The first kappa shape index (κ1) is 34.5. The monoisotopic (exact) mass is 629 g/mol. The molecule has 4 rings (SSSR count). The van der Waals surface area contributed by atoms with Crippen molar-refractivity contribution in [2.45, 2.75) is 64.6 Å². The number of aliphatic hydroxyl groups is 1. The molecule has 0 spiro atoms. The van der Waals surface area contributed by atoms with Gasteiger partial charge in [0.25, 0.3) is 5.91 Å². The van der Waals surface area contributed by atoms with Crippen LogP contribution in [0.3, 0.4) is 0 Å². The van der Waals surface area contributed by atoms with Gasteiger partial charge in [-0.1, -0.05) is 55.8 Å². The van der Waals surface area contributed by atoms with Gasteiger partial charge in [-0.15, -0.1) is 0 Å². The predicted molar refractivity (Wildman–Crippen MR) is 182 cm³/mol. The van der Waals surface area contributed by atoms with E-state index >= 15 is 0 Å². The summed E-state index contributed by atoms with van der Waals surface area (Å²) in [5.41, 5.74) is 9.06. The number of unbranched alkanes of at least 4 members (excludes halogenated alkanes) is 2. The van der Waals surface area contributed by atoms with E-state index in [1.54, 1.807) is 35.2 Å². The second kappa shape index (κ2) is 16.8. The van der Waals surface area contributed by atoms with Crippen molar-refractivity contribution in [3.8, 4) is 5.75 Å². The minimum atomic E-state index is -0.381. The van der Waals surface area contributed by atoms with Crippen molar-refractivity contribution < 1.29 is 24.2 Å². The fourth-order valence-corrected chi connectivity index (χ4v) is 5.58. The van der Waals surface area contributed by atoms with Gasteiger partial charge in [0.15, 0.2) is 0 Å². The van der Waals surface area contributed by atoms with Crippen LogP contribution in [0.25, 0.3) is 0 Å². The zero-order chi connectivity index (χ0) is 33.1. The van der Waals surface area contributed by atoms with Crippen LogP contribution in [0.15, 0.2) is 72.8 Å². The topological polar surface area (TPSA) is 137 Å². The van der Waals surface area contributed by atoms with Gasteiger partial charge in [0.1, 0.15) is 11.9 Å². The maximum Gasteiger partial charge on any atom is 0.258 e. The van der Waals surface area contributed by atoms with Crippen LogP contribution in [0.2, 0.25) is 0 Å². The molecule has 0 aromatic heterocycles. The number of amides is 3. The van der Waals surface area contributed by atoms with Gasteiger partial charge in [-0.3, -0.25) is 19.3 Å². The molecule has 1 aliphatic rings. The SMILES string of the molecule is C[C@H]1CN([C@@H](C)CO)C(=O)c2cc(NC(=O)CCCCCC(=O)Nc3ccccc3N)ccc2O[C@@H]1CN(C)Cc1ccccc1. The van der Waals surface area contributed by atoms with Crippen LogP contribution < -0.4 is 21.1 Å². The van der Waals surface area contributed by atoms with E-state index in [2.05, 4.69) is 41.6 Å². The predicted octanol–water partition coefficient (Wildman–Crippen LogP) is 5.15. The van der Waals surface area contributed by atoms with Crippen LogP contribution in [0, 0.1) is 5.92 Å². The van der Waals surface area contributed by atoms with E-state index in [-0.39, 0.29) is 48.8 Å². The number of hydrogen-bond acceptors (Lipinski definition) is 7. The Morgan fingerprint density at radius 2 is 1.67 bits per heavy atom. The Morgan fingerprint density at radius 3 is 2.37 bits per heavy atom. The van der Waals surface area contributed by atoms with Crippen molar-refractivity contribution in [3.05, 3.63) is 83.9 Å². The Labute approximate surface area is 271 Å². The van der Waals surface area contributed by atoms with Gasteiger partial charge in [-0.25, -0.2) is 0 Å². The molecule has 10 heteroatoms. The molecule has 0 saturated heterocycles. The zero-order valence-corrected chi connectivity index (χ0v) is 27.1. The summed E-state index contributed by atoms with van der Waals surface area (Å²) in [6.07, 6.45) is 2.41. The number of aliphatic hydroxyl groups excluding tert-OH is 1. The molecule has 0 aliphatic carbocycles. The van der Waals surface area contributed by atoms with Crippen molar-refractivity contribution in [3.63, 3.8) is 0 Å². The molecule has 46 heavy (non-hydrogen) atoms. The summed E-state index contributed by atoms with van der Waals surface area (Å²) in [6.45, 7) is 5.57. The Bertz CT molecular complexity index is 1470. The number of ether oxygens (including phenoxy) is 1. The second-order valence-electron chi connectivity index (χ2n) is 12.3. The Kier molecular flexibility index (Phi) is 12.6. The Balaban J connectivity index is 1.35. The molecule has 246 valence electrons. The molecule has 3 amide bonds. The lowest BCUT2D eigenvalue weighted by atomic mass is 9.99. The molecule has 0 unspecified atom stereocenters. The van der Waals surface area contributed by atoms with Crippen molar-refractivity contribution in [2.75, 3.05) is 43.1 Å². The number of carbonyl (C=O) groups excluding carboxylic acids is 3. The van der Waals surface area contributed by atoms with E-state index in [4.69, 9.17) is 10.5 Å². The molecular formula is C36H47N5O5. The summed E-state index contributed by atoms with van der Waals surface area (Å²) in [4.78, 5) is 42.7. The number of rotatable bonds is 14. The van der Waals surface area contributed by atoms with E-state index in [0.29, 0.717) is 67.1 Å². The van der Waals surface area contributed by atoms with Crippen LogP contribution in [-0.2, 0) is 16.1 Å². The van der Waals surface area contributed by atoms with Gasteiger partial charge in [0.05, 0.1) is 29.6 Å². The number of nitrogens with zero attached hydrogens (tertiary/aromatic N) is 2. The summed E-state index contributed by atoms with van der Waals surface area (Å²) in [5.74, 6) is -0.0648. The van der Waals surface area contributed by atoms with E-state index in [1.807, 2.05) is 37.3 Å². The summed E-state index contributed by atoms with van der Waals surface area (Å²) < 4.78 is 6.50. The molecule has 10 nitrogen and oxygen atoms in total. The smallest absolute Gasteiger partial charge is 0.258 e. The first-order chi connectivity index (χ1) is 22.1. The average molecular weight is 630 g/mol. The molecule has 5 N–H and O–H groups in total. The number of carbonyl (C=O) groups is 3. The highest BCUT2D eigenvalue weighted by Crippen LogP contribution is 2.31. The van der Waals surface area contributed by atoms with Gasteiger partial charge in [-0.2, -0.15) is 0 Å². The van der Waals surface area contributed by atoms with Crippen LogP contribution in [0.5, 0.6) is 5.75 Å². The fourth-order valence-electron chi connectivity index (χ4n) is 5.58. The number of benzene rings is 3. The molecule has 3 aromatic rings. The number of likely N-dealkylation sites (N-methyl/N-ethyl adjacent to an activating group) is 1. The van der Waals surface area contributed by atoms with Crippen LogP contribution >= 0.6 is 0 Å². The van der Waals surface area contributed by atoms with Gasteiger partial charge >= 0.3 is 0 Å². The number of hydrogen-bond donors (Lipinski definition) is 4. The number of nitrogens with one attached hydrogen (secondary N) is 2. The molecule has 0 radical (unpaired) electrons. The van der Waals surface area contributed by atoms with Crippen molar-refractivity contribution >= 4 is 34.8 Å². The van der Waals surface area contributed by atoms with E-state index < -0.39 is 0 Å². The molecule has 0 fully saturated rings. The van der Waals surface area contributed by atoms with Gasteiger partial charge in [0.2, 0.25) is 11.8 Å². The largest absolute Gasteiger partial charge is 0.488 e. The highest BCUT2D eigenvalue weighted by Gasteiger charge is 2.33. The van der Waals surface area contributed by atoms with Gasteiger partial charge < -0.3 is 31.1 Å². The maximum atomic E-state index is 13.7. The lowest BCUT2D eigenvalue weighted by Crippen LogP contribution is -2.49. The lowest BCUT2D eigenvalue weighted by molar-refractivity contribution is -0.116. The minimum Gasteiger partial charge on any atom is -0.488 e. The summed E-state index contributed by atoms with van der Waals surface area (Å²) >= 11 is 0. The molecule has 0 saturated carbocycles. The first-order valence-electron chi connectivity index (χ1n) is 16.0. The Morgan fingerprint density at radius 1 is 1.00 bits per heavy atom. The minimum absolute atomic E-state index is 0.00579.